The maximum atomic E-state index is 13.6. The summed E-state index contributed by atoms with van der Waals surface area (Å²) < 4.78 is 15.3. The van der Waals surface area contributed by atoms with Gasteiger partial charge in [0.1, 0.15) is 11.3 Å². The molecule has 2 N–H and O–H groups in total. The zero-order chi connectivity index (χ0) is 13.2. The summed E-state index contributed by atoms with van der Waals surface area (Å²) in [5, 5.41) is 8.14. The van der Waals surface area contributed by atoms with Crippen molar-refractivity contribution in [1.82, 2.24) is 15.0 Å². The molecule has 3 rings (SSSR count). The van der Waals surface area contributed by atoms with Gasteiger partial charge >= 0.3 is 0 Å². The van der Waals surface area contributed by atoms with E-state index in [2.05, 4.69) is 10.3 Å². The second-order valence-electron chi connectivity index (χ2n) is 4.35. The Balaban J connectivity index is 2.15. The van der Waals surface area contributed by atoms with Gasteiger partial charge in [0.2, 0.25) is 0 Å². The van der Waals surface area contributed by atoms with Crippen molar-refractivity contribution in [3.63, 3.8) is 0 Å². The van der Waals surface area contributed by atoms with Gasteiger partial charge in [-0.05, 0) is 48.9 Å². The molecule has 0 fully saturated rings. The normalized spacial score (nSPS) is 11.1. The molecule has 0 radical (unpaired) electrons. The van der Waals surface area contributed by atoms with Gasteiger partial charge in [0.05, 0.1) is 11.2 Å². The number of hydrogen-bond donors (Lipinski definition) is 1. The summed E-state index contributed by atoms with van der Waals surface area (Å²) in [4.78, 5) is 0. The first-order valence-electron chi connectivity index (χ1n) is 6.08. The maximum absolute atomic E-state index is 13.6. The molecule has 0 atom stereocenters. The van der Waals surface area contributed by atoms with Gasteiger partial charge in [-0.15, -0.1) is 5.10 Å². The Hall–Kier alpha value is -2.27. The van der Waals surface area contributed by atoms with Crippen LogP contribution in [0.15, 0.2) is 42.5 Å². The Morgan fingerprint density at radius 3 is 2.84 bits per heavy atom. The van der Waals surface area contributed by atoms with Crippen molar-refractivity contribution in [1.29, 1.82) is 0 Å². The average molecular weight is 256 g/mol. The zero-order valence-corrected chi connectivity index (χ0v) is 10.3. The van der Waals surface area contributed by atoms with Crippen molar-refractivity contribution in [3.05, 3.63) is 53.8 Å². The molecule has 0 unspecified atom stereocenters. The number of nitrogens with zero attached hydrogens (tertiary/aromatic N) is 3. The van der Waals surface area contributed by atoms with E-state index < -0.39 is 0 Å². The third-order valence-corrected chi connectivity index (χ3v) is 2.97. The van der Waals surface area contributed by atoms with Gasteiger partial charge in [0.15, 0.2) is 0 Å². The highest BCUT2D eigenvalue weighted by Gasteiger charge is 2.08. The van der Waals surface area contributed by atoms with Crippen molar-refractivity contribution in [2.45, 2.75) is 6.42 Å². The Morgan fingerprint density at radius 2 is 2.00 bits per heavy atom. The zero-order valence-electron chi connectivity index (χ0n) is 10.3. The van der Waals surface area contributed by atoms with Crippen LogP contribution in [0.1, 0.15) is 5.56 Å². The first kappa shape index (κ1) is 11.8. The fraction of sp³-hybridized carbons (Fsp3) is 0.143. The van der Waals surface area contributed by atoms with E-state index in [0.29, 0.717) is 18.7 Å². The second-order valence-corrected chi connectivity index (χ2v) is 4.35. The maximum Gasteiger partial charge on any atom is 0.125 e. The monoisotopic (exact) mass is 256 g/mol. The van der Waals surface area contributed by atoms with Crippen molar-refractivity contribution in [2.75, 3.05) is 6.54 Å². The van der Waals surface area contributed by atoms with Gasteiger partial charge in [-0.2, -0.15) is 0 Å². The Kier molecular flexibility index (Phi) is 2.97. The van der Waals surface area contributed by atoms with Crippen molar-refractivity contribution >= 4 is 11.0 Å². The molecule has 0 bridgehead atoms. The molecule has 3 aromatic rings. The van der Waals surface area contributed by atoms with E-state index in [9.17, 15) is 4.39 Å². The summed E-state index contributed by atoms with van der Waals surface area (Å²) in [6.45, 7) is 0.487. The van der Waals surface area contributed by atoms with Gasteiger partial charge in [0.25, 0.3) is 0 Å². The fourth-order valence-electron chi connectivity index (χ4n) is 2.13. The highest BCUT2D eigenvalue weighted by molar-refractivity contribution is 5.75. The van der Waals surface area contributed by atoms with E-state index in [-0.39, 0.29) is 5.82 Å². The van der Waals surface area contributed by atoms with Gasteiger partial charge in [0, 0.05) is 0 Å². The molecule has 0 aliphatic carbocycles. The Bertz CT molecular complexity index is 720. The van der Waals surface area contributed by atoms with Crippen molar-refractivity contribution in [2.24, 2.45) is 5.73 Å². The summed E-state index contributed by atoms with van der Waals surface area (Å²) in [5.74, 6) is -0.291. The second kappa shape index (κ2) is 4.78. The smallest absolute Gasteiger partial charge is 0.125 e. The molecule has 4 nitrogen and oxygen atoms in total. The highest BCUT2D eigenvalue weighted by Crippen LogP contribution is 2.18. The predicted molar refractivity (Wildman–Crippen MR) is 71.6 cm³/mol. The summed E-state index contributed by atoms with van der Waals surface area (Å²) in [6, 6.07) is 12.4. The summed E-state index contributed by atoms with van der Waals surface area (Å²) in [7, 11) is 0. The van der Waals surface area contributed by atoms with Crippen LogP contribution in [0.5, 0.6) is 0 Å². The van der Waals surface area contributed by atoms with Crippen LogP contribution in [-0.2, 0) is 6.42 Å². The molecule has 19 heavy (non-hydrogen) atoms. The van der Waals surface area contributed by atoms with E-state index in [1.807, 2.05) is 30.3 Å². The molecule has 0 saturated heterocycles. The number of halogens is 1. The molecule has 0 amide bonds. The molecule has 0 spiro atoms. The van der Waals surface area contributed by atoms with Crippen LogP contribution in [0.2, 0.25) is 0 Å². The molecular formula is C14H13FN4. The molecule has 96 valence electrons. The largest absolute Gasteiger partial charge is 0.330 e. The third-order valence-electron chi connectivity index (χ3n) is 2.97. The van der Waals surface area contributed by atoms with Gasteiger partial charge < -0.3 is 5.73 Å². The number of aromatic nitrogens is 3. The molecule has 5 heteroatoms. The first-order chi connectivity index (χ1) is 9.28. The number of nitrogens with two attached hydrogens (primary N) is 1. The van der Waals surface area contributed by atoms with Crippen LogP contribution in [-0.4, -0.2) is 21.5 Å². The van der Waals surface area contributed by atoms with Gasteiger partial charge in [-0.3, -0.25) is 0 Å². The highest BCUT2D eigenvalue weighted by atomic mass is 19.1. The molecule has 2 aromatic carbocycles. The lowest BCUT2D eigenvalue weighted by molar-refractivity contribution is 0.622. The Morgan fingerprint density at radius 1 is 1.16 bits per heavy atom. The number of para-hydroxylation sites is 1. The number of hydrogen-bond acceptors (Lipinski definition) is 3. The van der Waals surface area contributed by atoms with E-state index in [1.54, 1.807) is 4.68 Å². The average Bonchev–Trinajstić information content (AvgIpc) is 2.82. The van der Waals surface area contributed by atoms with E-state index in [1.165, 1.54) is 12.1 Å². The minimum absolute atomic E-state index is 0.291. The molecule has 0 aliphatic rings. The van der Waals surface area contributed by atoms with Crippen LogP contribution in [0.25, 0.3) is 16.7 Å². The minimum Gasteiger partial charge on any atom is -0.330 e. The van der Waals surface area contributed by atoms with Crippen LogP contribution in [0, 0.1) is 5.82 Å². The van der Waals surface area contributed by atoms with E-state index >= 15 is 0 Å². The fourth-order valence-corrected chi connectivity index (χ4v) is 2.13. The number of fused-ring (bicyclic) bond motifs is 1. The lowest BCUT2D eigenvalue weighted by Gasteiger charge is -2.06. The van der Waals surface area contributed by atoms with Crippen molar-refractivity contribution < 1.29 is 4.39 Å². The number of rotatable bonds is 3. The summed E-state index contributed by atoms with van der Waals surface area (Å²) >= 11 is 0. The first-order valence-corrected chi connectivity index (χ1v) is 6.08. The number of benzene rings is 2. The molecule has 1 heterocycles. The van der Waals surface area contributed by atoms with Crippen LogP contribution in [0.3, 0.4) is 0 Å². The SMILES string of the molecule is NCCc1cc(F)cc(-n2nnc3ccccc32)c1. The standard InChI is InChI=1S/C14H13FN4/c15-11-7-10(5-6-16)8-12(9-11)19-14-4-2-1-3-13(14)17-18-19/h1-4,7-9H,5-6,16H2. The van der Waals surface area contributed by atoms with Gasteiger partial charge in [-0.25, -0.2) is 9.07 Å². The van der Waals surface area contributed by atoms with Crippen LogP contribution >= 0.6 is 0 Å². The summed E-state index contributed by atoms with van der Waals surface area (Å²) in [5.41, 5.74) is 8.67. The van der Waals surface area contributed by atoms with E-state index in [4.69, 9.17) is 5.73 Å². The quantitative estimate of drug-likeness (QED) is 0.780. The lowest BCUT2D eigenvalue weighted by Crippen LogP contribution is -2.05. The topological polar surface area (TPSA) is 56.7 Å². The lowest BCUT2D eigenvalue weighted by atomic mass is 10.1. The van der Waals surface area contributed by atoms with Crippen molar-refractivity contribution in [3.8, 4) is 5.69 Å². The van der Waals surface area contributed by atoms with Crippen LogP contribution < -0.4 is 5.73 Å². The van der Waals surface area contributed by atoms with E-state index in [0.717, 1.165) is 16.6 Å². The van der Waals surface area contributed by atoms with Crippen LogP contribution in [0.4, 0.5) is 4.39 Å². The predicted octanol–water partition coefficient (Wildman–Crippen LogP) is 2.06. The van der Waals surface area contributed by atoms with Gasteiger partial charge in [-0.1, -0.05) is 17.3 Å². The molecule has 1 aromatic heterocycles. The molecule has 0 aliphatic heterocycles. The molecule has 0 saturated carbocycles. The molecular weight excluding hydrogens is 243 g/mol. The third kappa shape index (κ3) is 2.20. The Labute approximate surface area is 109 Å². The summed E-state index contributed by atoms with van der Waals surface area (Å²) in [6.07, 6.45) is 0.636. The minimum atomic E-state index is -0.291.